The van der Waals surface area contributed by atoms with Crippen LogP contribution in [0.1, 0.15) is 32.3 Å². The molecule has 24 heavy (non-hydrogen) atoms. The fourth-order valence-electron chi connectivity index (χ4n) is 3.00. The molecule has 1 aromatic rings. The third kappa shape index (κ3) is 6.22. The van der Waals surface area contributed by atoms with Crippen molar-refractivity contribution in [1.82, 2.24) is 15.5 Å². The number of aliphatic imine (C=N–C) groups is 1. The summed E-state index contributed by atoms with van der Waals surface area (Å²) in [4.78, 5) is 18.8. The summed E-state index contributed by atoms with van der Waals surface area (Å²) in [5.74, 6) is 1.52. The molecule has 0 saturated carbocycles. The predicted octanol–water partition coefficient (Wildman–Crippen LogP) is 2.04. The van der Waals surface area contributed by atoms with E-state index < -0.39 is 0 Å². The molecule has 0 aromatic heterocycles. The Bertz CT molecular complexity index is 529. The van der Waals surface area contributed by atoms with Crippen LogP contribution in [0, 0.1) is 5.92 Å². The van der Waals surface area contributed by atoms with Gasteiger partial charge in [-0.15, -0.1) is 0 Å². The lowest BCUT2D eigenvalue weighted by Crippen LogP contribution is -2.46. The fraction of sp³-hybridized carbons (Fsp3) is 0.579. The van der Waals surface area contributed by atoms with Crippen LogP contribution in [-0.2, 0) is 11.2 Å². The molecule has 2 N–H and O–H groups in total. The van der Waals surface area contributed by atoms with E-state index in [4.69, 9.17) is 0 Å². The number of piperidine rings is 1. The molecule has 5 heteroatoms. The molecule has 0 radical (unpaired) electrons. The molecule has 5 nitrogen and oxygen atoms in total. The number of guanidine groups is 1. The van der Waals surface area contributed by atoms with E-state index in [2.05, 4.69) is 46.5 Å². The summed E-state index contributed by atoms with van der Waals surface area (Å²) in [6.07, 6.45) is 3.31. The Morgan fingerprint density at radius 2 is 2.08 bits per heavy atom. The van der Waals surface area contributed by atoms with E-state index in [1.165, 1.54) is 18.4 Å². The first kappa shape index (κ1) is 18.3. The molecule has 1 aliphatic heterocycles. The van der Waals surface area contributed by atoms with Crippen molar-refractivity contribution in [1.29, 1.82) is 0 Å². The molecule has 0 bridgehead atoms. The van der Waals surface area contributed by atoms with Crippen molar-refractivity contribution in [3.05, 3.63) is 35.9 Å². The van der Waals surface area contributed by atoms with Crippen LogP contribution in [0.5, 0.6) is 0 Å². The van der Waals surface area contributed by atoms with E-state index in [0.717, 1.165) is 32.0 Å². The third-order valence-electron chi connectivity index (χ3n) is 4.24. The number of carbonyl (C=O) groups is 1. The number of nitrogens with one attached hydrogen (secondary N) is 2. The van der Waals surface area contributed by atoms with E-state index in [1.54, 1.807) is 0 Å². The standard InChI is InChI=1S/C19H30N4O/c1-3-20-19(23-13-7-8-16(2)15-23)22-14-18(24)21-12-11-17-9-5-4-6-10-17/h4-6,9-10,16H,3,7-8,11-15H2,1-2H3,(H,20,22)(H,21,24). The van der Waals surface area contributed by atoms with Crippen LogP contribution in [0.3, 0.4) is 0 Å². The smallest absolute Gasteiger partial charge is 0.241 e. The molecule has 1 unspecified atom stereocenters. The monoisotopic (exact) mass is 330 g/mol. The van der Waals surface area contributed by atoms with E-state index in [1.807, 2.05) is 18.2 Å². The van der Waals surface area contributed by atoms with Crippen molar-refractivity contribution in [3.8, 4) is 0 Å². The number of hydrogen-bond acceptors (Lipinski definition) is 2. The van der Waals surface area contributed by atoms with E-state index in [-0.39, 0.29) is 12.5 Å². The van der Waals surface area contributed by atoms with Gasteiger partial charge < -0.3 is 15.5 Å². The lowest BCUT2D eigenvalue weighted by molar-refractivity contribution is -0.119. The van der Waals surface area contributed by atoms with E-state index in [0.29, 0.717) is 12.5 Å². The summed E-state index contributed by atoms with van der Waals surface area (Å²) >= 11 is 0. The number of likely N-dealkylation sites (tertiary alicyclic amines) is 1. The molecule has 0 spiro atoms. The summed E-state index contributed by atoms with van der Waals surface area (Å²) in [7, 11) is 0. The minimum Gasteiger partial charge on any atom is -0.357 e. The number of amides is 1. The Labute approximate surface area is 145 Å². The Morgan fingerprint density at radius 1 is 1.29 bits per heavy atom. The second-order valence-corrected chi connectivity index (χ2v) is 6.45. The zero-order chi connectivity index (χ0) is 17.2. The average molecular weight is 330 g/mol. The van der Waals surface area contributed by atoms with Crippen LogP contribution in [0.15, 0.2) is 35.3 Å². The summed E-state index contributed by atoms with van der Waals surface area (Å²) in [5.41, 5.74) is 1.23. The second kappa shape index (κ2) is 9.96. The molecule has 1 atom stereocenters. The van der Waals surface area contributed by atoms with Gasteiger partial charge in [-0.05, 0) is 37.7 Å². The van der Waals surface area contributed by atoms with Crippen molar-refractivity contribution >= 4 is 11.9 Å². The first-order chi connectivity index (χ1) is 11.7. The number of rotatable bonds is 6. The number of hydrogen-bond donors (Lipinski definition) is 2. The molecule has 2 rings (SSSR count). The summed E-state index contributed by atoms with van der Waals surface area (Å²) in [6.45, 7) is 8.01. The Kier molecular flexibility index (Phi) is 7.59. The highest BCUT2D eigenvalue weighted by atomic mass is 16.1. The van der Waals surface area contributed by atoms with E-state index in [9.17, 15) is 4.79 Å². The van der Waals surface area contributed by atoms with Crippen molar-refractivity contribution in [2.24, 2.45) is 10.9 Å². The van der Waals surface area contributed by atoms with Gasteiger partial charge in [0.25, 0.3) is 0 Å². The zero-order valence-electron chi connectivity index (χ0n) is 14.9. The van der Waals surface area contributed by atoms with Crippen LogP contribution in [-0.4, -0.2) is 49.5 Å². The first-order valence-electron chi connectivity index (χ1n) is 9.03. The van der Waals surface area contributed by atoms with Gasteiger partial charge >= 0.3 is 0 Å². The van der Waals surface area contributed by atoms with Crippen molar-refractivity contribution in [3.63, 3.8) is 0 Å². The van der Waals surface area contributed by atoms with Gasteiger partial charge in [0.1, 0.15) is 6.54 Å². The number of carbonyl (C=O) groups excluding carboxylic acids is 1. The number of benzene rings is 1. The molecule has 1 aliphatic rings. The Balaban J connectivity index is 1.78. The Hall–Kier alpha value is -2.04. The van der Waals surface area contributed by atoms with Gasteiger partial charge in [0.15, 0.2) is 5.96 Å². The van der Waals surface area contributed by atoms with Crippen LogP contribution in [0.25, 0.3) is 0 Å². The lowest BCUT2D eigenvalue weighted by Gasteiger charge is -2.33. The van der Waals surface area contributed by atoms with E-state index >= 15 is 0 Å². The molecular weight excluding hydrogens is 300 g/mol. The van der Waals surface area contributed by atoms with Crippen LogP contribution in [0.4, 0.5) is 0 Å². The minimum atomic E-state index is -0.0219. The highest BCUT2D eigenvalue weighted by Gasteiger charge is 2.19. The van der Waals surface area contributed by atoms with Gasteiger partial charge in [-0.1, -0.05) is 37.3 Å². The summed E-state index contributed by atoms with van der Waals surface area (Å²) in [5, 5.41) is 6.25. The molecular formula is C19H30N4O. The second-order valence-electron chi connectivity index (χ2n) is 6.45. The minimum absolute atomic E-state index is 0.0219. The largest absolute Gasteiger partial charge is 0.357 e. The highest BCUT2D eigenvalue weighted by molar-refractivity contribution is 5.85. The fourth-order valence-corrected chi connectivity index (χ4v) is 3.00. The van der Waals surface area contributed by atoms with Gasteiger partial charge in [0, 0.05) is 26.2 Å². The summed E-state index contributed by atoms with van der Waals surface area (Å²) < 4.78 is 0. The Morgan fingerprint density at radius 3 is 2.79 bits per heavy atom. The summed E-state index contributed by atoms with van der Waals surface area (Å²) in [6, 6.07) is 10.2. The molecule has 1 heterocycles. The average Bonchev–Trinajstić information content (AvgIpc) is 2.59. The normalized spacial score (nSPS) is 18.3. The van der Waals surface area contributed by atoms with Crippen molar-refractivity contribution in [2.45, 2.75) is 33.1 Å². The van der Waals surface area contributed by atoms with Crippen LogP contribution in [0.2, 0.25) is 0 Å². The van der Waals surface area contributed by atoms with Crippen molar-refractivity contribution in [2.75, 3.05) is 32.7 Å². The SMILES string of the molecule is CCNC(=NCC(=O)NCCc1ccccc1)N1CCCC(C)C1. The maximum Gasteiger partial charge on any atom is 0.241 e. The van der Waals surface area contributed by atoms with Gasteiger partial charge in [0.05, 0.1) is 0 Å². The predicted molar refractivity (Wildman–Crippen MR) is 99.1 cm³/mol. The van der Waals surface area contributed by atoms with Gasteiger partial charge in [-0.25, -0.2) is 4.99 Å². The molecule has 1 aromatic carbocycles. The third-order valence-corrected chi connectivity index (χ3v) is 4.24. The van der Waals surface area contributed by atoms with Gasteiger partial charge in [-0.3, -0.25) is 4.79 Å². The maximum atomic E-state index is 12.0. The molecule has 1 fully saturated rings. The van der Waals surface area contributed by atoms with Gasteiger partial charge in [0.2, 0.25) is 5.91 Å². The molecule has 1 saturated heterocycles. The molecule has 132 valence electrons. The highest BCUT2D eigenvalue weighted by Crippen LogP contribution is 2.15. The topological polar surface area (TPSA) is 56.7 Å². The lowest BCUT2D eigenvalue weighted by atomic mass is 10.0. The quantitative estimate of drug-likeness (QED) is 0.620. The van der Waals surface area contributed by atoms with Crippen LogP contribution < -0.4 is 10.6 Å². The first-order valence-corrected chi connectivity index (χ1v) is 9.03. The maximum absolute atomic E-state index is 12.0. The number of nitrogens with zero attached hydrogens (tertiary/aromatic N) is 2. The van der Waals surface area contributed by atoms with Crippen molar-refractivity contribution < 1.29 is 4.79 Å². The molecule has 1 amide bonds. The van der Waals surface area contributed by atoms with Crippen LogP contribution >= 0.6 is 0 Å². The zero-order valence-corrected chi connectivity index (χ0v) is 14.9. The van der Waals surface area contributed by atoms with Gasteiger partial charge in [-0.2, -0.15) is 0 Å². The molecule has 0 aliphatic carbocycles.